The third-order valence-electron chi connectivity index (χ3n) is 4.09. The van der Waals surface area contributed by atoms with Crippen LogP contribution in [0.1, 0.15) is 31.0 Å². The monoisotopic (exact) mass is 291 g/mol. The first kappa shape index (κ1) is 14.0. The van der Waals surface area contributed by atoms with E-state index in [1.807, 2.05) is 18.2 Å². The number of hydrogen-bond acceptors (Lipinski definition) is 1. The van der Waals surface area contributed by atoms with Gasteiger partial charge in [-0.1, -0.05) is 38.1 Å². The standard InChI is InChI=1S/C17H16F3N/c1-17(2)9-10-5-3-4-6-12(10)16(17)21-11-7-13(18)15(20)14(19)8-11/h3-8,16,21H,9H2,1-2H3. The van der Waals surface area contributed by atoms with E-state index in [1.54, 1.807) is 0 Å². The van der Waals surface area contributed by atoms with Gasteiger partial charge in [-0.3, -0.25) is 0 Å². The zero-order valence-electron chi connectivity index (χ0n) is 11.9. The van der Waals surface area contributed by atoms with Crippen molar-refractivity contribution in [3.63, 3.8) is 0 Å². The van der Waals surface area contributed by atoms with Crippen LogP contribution in [0.3, 0.4) is 0 Å². The van der Waals surface area contributed by atoms with Crippen molar-refractivity contribution in [2.75, 3.05) is 5.32 Å². The quantitative estimate of drug-likeness (QED) is 0.781. The van der Waals surface area contributed by atoms with Gasteiger partial charge in [-0.15, -0.1) is 0 Å². The predicted molar refractivity (Wildman–Crippen MR) is 76.6 cm³/mol. The fourth-order valence-corrected chi connectivity index (χ4v) is 3.07. The van der Waals surface area contributed by atoms with Gasteiger partial charge in [-0.05, 0) is 23.0 Å². The predicted octanol–water partition coefficient (Wildman–Crippen LogP) is 4.84. The summed E-state index contributed by atoms with van der Waals surface area (Å²) in [6.45, 7) is 4.20. The molecule has 1 nitrogen and oxygen atoms in total. The van der Waals surface area contributed by atoms with Crippen molar-refractivity contribution in [3.05, 3.63) is 65.0 Å². The van der Waals surface area contributed by atoms with Gasteiger partial charge in [-0.25, -0.2) is 13.2 Å². The van der Waals surface area contributed by atoms with Crippen molar-refractivity contribution in [2.24, 2.45) is 5.41 Å². The summed E-state index contributed by atoms with van der Waals surface area (Å²) in [4.78, 5) is 0. The summed E-state index contributed by atoms with van der Waals surface area (Å²) < 4.78 is 39.7. The Morgan fingerprint density at radius 1 is 1.05 bits per heavy atom. The maximum absolute atomic E-state index is 13.3. The van der Waals surface area contributed by atoms with Crippen molar-refractivity contribution in [2.45, 2.75) is 26.3 Å². The molecule has 21 heavy (non-hydrogen) atoms. The van der Waals surface area contributed by atoms with Gasteiger partial charge in [-0.2, -0.15) is 0 Å². The minimum Gasteiger partial charge on any atom is -0.378 e. The van der Waals surface area contributed by atoms with E-state index in [-0.39, 0.29) is 17.1 Å². The maximum atomic E-state index is 13.3. The molecule has 0 saturated carbocycles. The molecule has 110 valence electrons. The third-order valence-corrected chi connectivity index (χ3v) is 4.09. The van der Waals surface area contributed by atoms with Crippen LogP contribution in [0, 0.1) is 22.9 Å². The second-order valence-corrected chi connectivity index (χ2v) is 6.20. The summed E-state index contributed by atoms with van der Waals surface area (Å²) in [6.07, 6.45) is 0.882. The molecule has 3 rings (SSSR count). The van der Waals surface area contributed by atoms with Crippen LogP contribution in [0.25, 0.3) is 0 Å². The molecule has 0 amide bonds. The summed E-state index contributed by atoms with van der Waals surface area (Å²) in [5, 5.41) is 3.15. The Bertz CT molecular complexity index is 671. The number of halogens is 3. The summed E-state index contributed by atoms with van der Waals surface area (Å²) in [5.41, 5.74) is 2.50. The van der Waals surface area contributed by atoms with E-state index < -0.39 is 17.5 Å². The lowest BCUT2D eigenvalue weighted by atomic mass is 9.85. The lowest BCUT2D eigenvalue weighted by molar-refractivity contribution is 0.337. The average molecular weight is 291 g/mol. The van der Waals surface area contributed by atoms with Crippen LogP contribution in [-0.2, 0) is 6.42 Å². The van der Waals surface area contributed by atoms with E-state index in [0.29, 0.717) is 0 Å². The number of fused-ring (bicyclic) bond motifs is 1. The molecular formula is C17H16F3N. The van der Waals surface area contributed by atoms with E-state index in [9.17, 15) is 13.2 Å². The molecule has 0 saturated heterocycles. The number of rotatable bonds is 2. The average Bonchev–Trinajstić information content (AvgIpc) is 2.67. The molecule has 0 bridgehead atoms. The Labute approximate surface area is 121 Å². The molecule has 0 heterocycles. The number of hydrogen-bond donors (Lipinski definition) is 1. The van der Waals surface area contributed by atoms with Crippen LogP contribution in [0.2, 0.25) is 0 Å². The summed E-state index contributed by atoms with van der Waals surface area (Å²) >= 11 is 0. The maximum Gasteiger partial charge on any atom is 0.194 e. The van der Waals surface area contributed by atoms with Crippen LogP contribution < -0.4 is 5.32 Å². The molecular weight excluding hydrogens is 275 g/mol. The first-order chi connectivity index (χ1) is 9.88. The summed E-state index contributed by atoms with van der Waals surface area (Å²) in [5.74, 6) is -3.80. The second kappa shape index (κ2) is 4.79. The molecule has 1 aliphatic rings. The Balaban J connectivity index is 1.97. The molecule has 0 aromatic heterocycles. The second-order valence-electron chi connectivity index (χ2n) is 6.20. The lowest BCUT2D eigenvalue weighted by Gasteiger charge is -2.29. The van der Waals surface area contributed by atoms with Gasteiger partial charge >= 0.3 is 0 Å². The normalized spacial score (nSPS) is 19.4. The first-order valence-electron chi connectivity index (χ1n) is 6.87. The molecule has 0 spiro atoms. The SMILES string of the molecule is CC1(C)Cc2ccccc2C1Nc1cc(F)c(F)c(F)c1. The van der Waals surface area contributed by atoms with Crippen molar-refractivity contribution >= 4 is 5.69 Å². The van der Waals surface area contributed by atoms with Gasteiger partial charge in [0.05, 0.1) is 6.04 Å². The number of anilines is 1. The minimum atomic E-state index is -1.44. The first-order valence-corrected chi connectivity index (χ1v) is 6.87. The molecule has 0 radical (unpaired) electrons. The Morgan fingerprint density at radius 3 is 2.33 bits per heavy atom. The molecule has 2 aromatic rings. The van der Waals surface area contributed by atoms with E-state index in [0.717, 1.165) is 24.1 Å². The van der Waals surface area contributed by atoms with Crippen molar-refractivity contribution in [3.8, 4) is 0 Å². The Morgan fingerprint density at radius 2 is 1.67 bits per heavy atom. The van der Waals surface area contributed by atoms with E-state index in [1.165, 1.54) is 5.56 Å². The minimum absolute atomic E-state index is 0.0713. The summed E-state index contributed by atoms with van der Waals surface area (Å²) in [7, 11) is 0. The highest BCUT2D eigenvalue weighted by Gasteiger charge is 2.38. The van der Waals surface area contributed by atoms with E-state index in [2.05, 4.69) is 25.2 Å². The van der Waals surface area contributed by atoms with Crippen LogP contribution in [-0.4, -0.2) is 0 Å². The van der Waals surface area contributed by atoms with Gasteiger partial charge in [0.25, 0.3) is 0 Å². The van der Waals surface area contributed by atoms with Crippen molar-refractivity contribution in [1.29, 1.82) is 0 Å². The number of benzene rings is 2. The molecule has 0 fully saturated rings. The van der Waals surface area contributed by atoms with Crippen LogP contribution in [0.4, 0.5) is 18.9 Å². The van der Waals surface area contributed by atoms with Crippen molar-refractivity contribution in [1.82, 2.24) is 0 Å². The fraction of sp³-hybridized carbons (Fsp3) is 0.294. The fourth-order valence-electron chi connectivity index (χ4n) is 3.07. The summed E-state index contributed by atoms with van der Waals surface area (Å²) in [6, 6.07) is 9.92. The molecule has 1 N–H and O–H groups in total. The topological polar surface area (TPSA) is 12.0 Å². The highest BCUT2D eigenvalue weighted by molar-refractivity contribution is 5.50. The van der Waals surface area contributed by atoms with Gasteiger partial charge in [0.1, 0.15) is 0 Å². The third kappa shape index (κ3) is 2.39. The number of nitrogens with one attached hydrogen (secondary N) is 1. The molecule has 1 aliphatic carbocycles. The van der Waals surface area contributed by atoms with Gasteiger partial charge < -0.3 is 5.32 Å². The Hall–Kier alpha value is -1.97. The molecule has 0 aliphatic heterocycles. The molecule has 1 atom stereocenters. The molecule has 4 heteroatoms. The highest BCUT2D eigenvalue weighted by Crippen LogP contribution is 2.46. The zero-order chi connectivity index (χ0) is 15.2. The van der Waals surface area contributed by atoms with E-state index in [4.69, 9.17) is 0 Å². The molecule has 1 unspecified atom stereocenters. The Kier molecular flexibility index (Phi) is 3.19. The molecule has 2 aromatic carbocycles. The lowest BCUT2D eigenvalue weighted by Crippen LogP contribution is -2.24. The van der Waals surface area contributed by atoms with Crippen LogP contribution in [0.5, 0.6) is 0 Å². The van der Waals surface area contributed by atoms with Gasteiger partial charge in [0.15, 0.2) is 17.5 Å². The smallest absolute Gasteiger partial charge is 0.194 e. The van der Waals surface area contributed by atoms with E-state index >= 15 is 0 Å². The van der Waals surface area contributed by atoms with Gasteiger partial charge in [0, 0.05) is 17.8 Å². The highest BCUT2D eigenvalue weighted by atomic mass is 19.2. The van der Waals surface area contributed by atoms with Crippen molar-refractivity contribution < 1.29 is 13.2 Å². The zero-order valence-corrected chi connectivity index (χ0v) is 11.9. The van der Waals surface area contributed by atoms with Gasteiger partial charge in [0.2, 0.25) is 0 Å². The largest absolute Gasteiger partial charge is 0.378 e. The van der Waals surface area contributed by atoms with Crippen LogP contribution in [0.15, 0.2) is 36.4 Å². The van der Waals surface area contributed by atoms with Crippen LogP contribution >= 0.6 is 0 Å².